The van der Waals surface area contributed by atoms with Crippen LogP contribution in [0.4, 0.5) is 0 Å². The van der Waals surface area contributed by atoms with Gasteiger partial charge in [0.05, 0.1) is 0 Å². The third-order valence-corrected chi connectivity index (χ3v) is 6.03. The number of benzene rings is 1. The number of amides is 1. The Kier molecular flexibility index (Phi) is 6.70. The number of halogens is 1. The van der Waals surface area contributed by atoms with Crippen molar-refractivity contribution in [1.82, 2.24) is 4.90 Å². The molecule has 3 rings (SSSR count). The van der Waals surface area contributed by atoms with Gasteiger partial charge in [-0.2, -0.15) is 0 Å². The summed E-state index contributed by atoms with van der Waals surface area (Å²) in [5.41, 5.74) is 8.82. The van der Waals surface area contributed by atoms with Crippen molar-refractivity contribution < 1.29 is 4.79 Å². The van der Waals surface area contributed by atoms with E-state index in [1.807, 2.05) is 11.9 Å². The van der Waals surface area contributed by atoms with Crippen LogP contribution < -0.4 is 5.73 Å². The van der Waals surface area contributed by atoms with E-state index in [2.05, 4.69) is 31.2 Å². The molecule has 4 heteroatoms. The van der Waals surface area contributed by atoms with Gasteiger partial charge in [-0.05, 0) is 44.1 Å². The van der Waals surface area contributed by atoms with Gasteiger partial charge in [0.1, 0.15) is 0 Å². The number of carbonyl (C=O) groups excluding carboxylic acids is 1. The van der Waals surface area contributed by atoms with Crippen molar-refractivity contribution in [3.8, 4) is 0 Å². The van der Waals surface area contributed by atoms with E-state index >= 15 is 0 Å². The topological polar surface area (TPSA) is 46.3 Å². The molecule has 0 spiro atoms. The molecule has 134 valence electrons. The number of rotatable bonds is 4. The van der Waals surface area contributed by atoms with Crippen molar-refractivity contribution in [2.45, 2.75) is 69.9 Å². The molecule has 2 aliphatic rings. The largest absolute Gasteiger partial charge is 0.342 e. The van der Waals surface area contributed by atoms with Crippen LogP contribution in [0.5, 0.6) is 0 Å². The number of aryl methyl sites for hydroxylation is 1. The SMILES string of the molecule is Cc1ccc(C2CCCC2N(C)C(=O)C[C@@H]2CCC[C@H]2N)cc1.Cl. The molecule has 4 atom stereocenters. The Balaban J connectivity index is 0.00000208. The predicted octanol–water partition coefficient (Wildman–Crippen LogP) is 4.03. The first-order chi connectivity index (χ1) is 11.1. The molecule has 0 radical (unpaired) electrons. The summed E-state index contributed by atoms with van der Waals surface area (Å²) < 4.78 is 0. The van der Waals surface area contributed by atoms with Gasteiger partial charge in [0.15, 0.2) is 0 Å². The summed E-state index contributed by atoms with van der Waals surface area (Å²) in [6.07, 6.45) is 7.53. The molecule has 2 saturated carbocycles. The van der Waals surface area contributed by atoms with E-state index in [4.69, 9.17) is 5.73 Å². The monoisotopic (exact) mass is 350 g/mol. The van der Waals surface area contributed by atoms with Gasteiger partial charge in [-0.25, -0.2) is 0 Å². The van der Waals surface area contributed by atoms with Crippen LogP contribution in [-0.4, -0.2) is 29.9 Å². The molecule has 2 aliphatic carbocycles. The molecule has 3 nitrogen and oxygen atoms in total. The van der Waals surface area contributed by atoms with Gasteiger partial charge in [-0.3, -0.25) is 4.79 Å². The highest BCUT2D eigenvalue weighted by Crippen LogP contribution is 2.38. The van der Waals surface area contributed by atoms with Gasteiger partial charge >= 0.3 is 0 Å². The first kappa shape index (κ1) is 19.3. The molecule has 0 aromatic heterocycles. The molecule has 0 saturated heterocycles. The quantitative estimate of drug-likeness (QED) is 0.891. The molecule has 2 N–H and O–H groups in total. The molecule has 2 fully saturated rings. The number of hydrogen-bond donors (Lipinski definition) is 1. The van der Waals surface area contributed by atoms with Crippen molar-refractivity contribution in [2.24, 2.45) is 11.7 Å². The Morgan fingerprint density at radius 2 is 1.79 bits per heavy atom. The number of hydrogen-bond acceptors (Lipinski definition) is 2. The van der Waals surface area contributed by atoms with E-state index in [0.717, 1.165) is 19.3 Å². The summed E-state index contributed by atoms with van der Waals surface area (Å²) in [6.45, 7) is 2.12. The first-order valence-electron chi connectivity index (χ1n) is 9.14. The summed E-state index contributed by atoms with van der Waals surface area (Å²) in [5, 5.41) is 0. The third kappa shape index (κ3) is 4.12. The van der Waals surface area contributed by atoms with Crippen LogP contribution in [0.2, 0.25) is 0 Å². The lowest BCUT2D eigenvalue weighted by molar-refractivity contribution is -0.133. The van der Waals surface area contributed by atoms with Crippen molar-refractivity contribution in [3.05, 3.63) is 35.4 Å². The van der Waals surface area contributed by atoms with Crippen molar-refractivity contribution in [2.75, 3.05) is 7.05 Å². The maximum atomic E-state index is 12.7. The molecule has 1 aromatic rings. The summed E-state index contributed by atoms with van der Waals surface area (Å²) in [4.78, 5) is 14.8. The smallest absolute Gasteiger partial charge is 0.222 e. The molecule has 0 aliphatic heterocycles. The lowest BCUT2D eigenvalue weighted by Crippen LogP contribution is -2.40. The summed E-state index contributed by atoms with van der Waals surface area (Å²) >= 11 is 0. The van der Waals surface area contributed by atoms with E-state index in [9.17, 15) is 4.79 Å². The van der Waals surface area contributed by atoms with Gasteiger partial charge in [0, 0.05) is 31.5 Å². The van der Waals surface area contributed by atoms with Gasteiger partial charge in [-0.15, -0.1) is 12.4 Å². The fourth-order valence-corrected chi connectivity index (χ4v) is 4.48. The van der Waals surface area contributed by atoms with Crippen LogP contribution in [0.25, 0.3) is 0 Å². The Bertz CT molecular complexity index is 545. The van der Waals surface area contributed by atoms with Gasteiger partial charge in [-0.1, -0.05) is 42.7 Å². The maximum Gasteiger partial charge on any atom is 0.222 e. The average Bonchev–Trinajstić information content (AvgIpc) is 3.17. The van der Waals surface area contributed by atoms with Gasteiger partial charge < -0.3 is 10.6 Å². The standard InChI is InChI=1S/C20H30N2O.ClH/c1-14-9-11-15(12-10-14)17-6-4-8-19(17)22(2)20(23)13-16-5-3-7-18(16)21;/h9-12,16-19H,3-8,13,21H2,1-2H3;1H/t16-,17?,18+,19?;/m0./s1. The van der Waals surface area contributed by atoms with Crippen LogP contribution in [0.15, 0.2) is 24.3 Å². The highest BCUT2D eigenvalue weighted by atomic mass is 35.5. The van der Waals surface area contributed by atoms with E-state index in [-0.39, 0.29) is 24.4 Å². The minimum Gasteiger partial charge on any atom is -0.342 e. The van der Waals surface area contributed by atoms with Crippen molar-refractivity contribution >= 4 is 18.3 Å². The molecular formula is C20H31ClN2O. The second-order valence-electron chi connectivity index (χ2n) is 7.58. The molecule has 1 aromatic carbocycles. The van der Waals surface area contributed by atoms with Gasteiger partial charge in [0.25, 0.3) is 0 Å². The van der Waals surface area contributed by atoms with Crippen molar-refractivity contribution in [3.63, 3.8) is 0 Å². The zero-order valence-corrected chi connectivity index (χ0v) is 15.7. The highest BCUT2D eigenvalue weighted by Gasteiger charge is 2.35. The van der Waals surface area contributed by atoms with Crippen molar-refractivity contribution in [1.29, 1.82) is 0 Å². The van der Waals surface area contributed by atoms with Gasteiger partial charge in [0.2, 0.25) is 5.91 Å². The van der Waals surface area contributed by atoms with Crippen LogP contribution >= 0.6 is 12.4 Å². The zero-order chi connectivity index (χ0) is 16.4. The van der Waals surface area contributed by atoms with E-state index in [0.29, 0.717) is 24.3 Å². The fraction of sp³-hybridized carbons (Fsp3) is 0.650. The average molecular weight is 351 g/mol. The van der Waals surface area contributed by atoms with E-state index in [1.54, 1.807) is 0 Å². The third-order valence-electron chi connectivity index (χ3n) is 6.03. The predicted molar refractivity (Wildman–Crippen MR) is 102 cm³/mol. The highest BCUT2D eigenvalue weighted by molar-refractivity contribution is 5.85. The first-order valence-corrected chi connectivity index (χ1v) is 9.14. The Morgan fingerprint density at radius 1 is 1.12 bits per heavy atom. The summed E-state index contributed by atoms with van der Waals surface area (Å²) in [5.74, 6) is 1.17. The van der Waals surface area contributed by atoms with E-state index < -0.39 is 0 Å². The number of likely N-dealkylation sites (N-methyl/N-ethyl adjacent to an activating group) is 1. The molecular weight excluding hydrogens is 320 g/mol. The normalized spacial score (nSPS) is 29.3. The second-order valence-corrected chi connectivity index (χ2v) is 7.58. The minimum absolute atomic E-state index is 0. The number of nitrogens with zero attached hydrogens (tertiary/aromatic N) is 1. The molecule has 2 unspecified atom stereocenters. The van der Waals surface area contributed by atoms with Crippen LogP contribution in [0, 0.1) is 12.8 Å². The van der Waals surface area contributed by atoms with Crippen LogP contribution in [0.1, 0.15) is 62.0 Å². The summed E-state index contributed by atoms with van der Waals surface area (Å²) in [6, 6.07) is 9.42. The van der Waals surface area contributed by atoms with E-state index in [1.165, 1.54) is 30.4 Å². The number of nitrogens with two attached hydrogens (primary N) is 1. The Morgan fingerprint density at radius 3 is 2.42 bits per heavy atom. The van der Waals surface area contributed by atoms with Crippen LogP contribution in [0.3, 0.4) is 0 Å². The maximum absolute atomic E-state index is 12.7. The summed E-state index contributed by atoms with van der Waals surface area (Å²) in [7, 11) is 2.00. The number of carbonyl (C=O) groups is 1. The molecule has 1 amide bonds. The minimum atomic E-state index is 0. The molecule has 0 heterocycles. The zero-order valence-electron chi connectivity index (χ0n) is 14.9. The molecule has 24 heavy (non-hydrogen) atoms. The molecule has 0 bridgehead atoms. The van der Waals surface area contributed by atoms with Crippen LogP contribution in [-0.2, 0) is 4.79 Å². The lowest BCUT2D eigenvalue weighted by Gasteiger charge is -2.31. The second kappa shape index (κ2) is 8.35. The fourth-order valence-electron chi connectivity index (χ4n) is 4.48. The Hall–Kier alpha value is -1.06. The Labute approximate surface area is 152 Å². The lowest BCUT2D eigenvalue weighted by atomic mass is 9.92.